The molecule has 7 heteroatoms. The topological polar surface area (TPSA) is 85.8 Å². The van der Waals surface area contributed by atoms with Crippen molar-refractivity contribution in [2.45, 2.75) is 87.0 Å². The Labute approximate surface area is 216 Å². The predicted octanol–water partition coefficient (Wildman–Crippen LogP) is 3.80. The van der Waals surface area contributed by atoms with Crippen molar-refractivity contribution in [1.29, 1.82) is 0 Å². The first-order valence-electron chi connectivity index (χ1n) is 13.8. The number of H-pyrrole nitrogens is 1. The number of aromatic amines is 1. The minimum Gasteiger partial charge on any atom is -0.390 e. The fraction of sp³-hybridized carbons (Fsp3) is 0.633. The van der Waals surface area contributed by atoms with E-state index >= 15 is 4.39 Å². The molecule has 7 rings (SSSR count). The number of rotatable bonds is 2. The number of allylic oxidation sites excluding steroid dienone is 2. The molecule has 3 heterocycles. The number of alkyl halides is 1. The monoisotopic (exact) mass is 508 g/mol. The molecule has 2 aliphatic heterocycles. The quantitative estimate of drug-likeness (QED) is 0.575. The maximum Gasteiger partial charge on any atom is 0.248 e. The number of aliphatic hydroxyl groups excluding tert-OH is 2. The van der Waals surface area contributed by atoms with Gasteiger partial charge < -0.3 is 24.8 Å². The highest BCUT2D eigenvalue weighted by atomic mass is 19.1. The summed E-state index contributed by atoms with van der Waals surface area (Å²) in [6.07, 6.45) is 6.22. The molecule has 0 amide bonds. The number of benzene rings is 1. The molecule has 3 N–H and O–H groups in total. The van der Waals surface area contributed by atoms with Crippen LogP contribution in [0.3, 0.4) is 0 Å². The minimum atomic E-state index is -1.52. The van der Waals surface area contributed by atoms with Crippen LogP contribution in [-0.4, -0.2) is 69.3 Å². The molecule has 5 aliphatic rings. The van der Waals surface area contributed by atoms with Gasteiger partial charge in [-0.3, -0.25) is 4.79 Å². The van der Waals surface area contributed by atoms with Gasteiger partial charge in [0.1, 0.15) is 11.3 Å². The number of nitrogens with one attached hydrogen (secondary N) is 1. The zero-order chi connectivity index (χ0) is 26.0. The molecule has 6 nitrogen and oxygen atoms in total. The van der Waals surface area contributed by atoms with Gasteiger partial charge in [0.25, 0.3) is 0 Å². The zero-order valence-corrected chi connectivity index (χ0v) is 21.8. The van der Waals surface area contributed by atoms with Gasteiger partial charge in [-0.2, -0.15) is 0 Å². The molecule has 2 spiro atoms. The average molecular weight is 509 g/mol. The second-order valence-corrected chi connectivity index (χ2v) is 13.0. The summed E-state index contributed by atoms with van der Waals surface area (Å²) in [4.78, 5) is 16.7. The van der Waals surface area contributed by atoms with Gasteiger partial charge in [0.05, 0.1) is 17.8 Å². The van der Waals surface area contributed by atoms with Crippen molar-refractivity contribution in [3.8, 4) is 0 Å². The molecule has 198 valence electrons. The summed E-state index contributed by atoms with van der Waals surface area (Å²) >= 11 is 0. The Balaban J connectivity index is 1.27. The molecular formula is C30H37FN2O4. The van der Waals surface area contributed by atoms with Crippen molar-refractivity contribution in [3.63, 3.8) is 0 Å². The maximum absolute atomic E-state index is 17.2. The van der Waals surface area contributed by atoms with Gasteiger partial charge in [-0.25, -0.2) is 4.39 Å². The molecule has 3 aliphatic carbocycles. The number of fused-ring (bicyclic) bond motifs is 2. The molecule has 1 aromatic heterocycles. The molecular weight excluding hydrogens is 471 g/mol. The molecule has 2 bridgehead atoms. The third kappa shape index (κ3) is 2.97. The number of aromatic nitrogens is 1. The summed E-state index contributed by atoms with van der Waals surface area (Å²) in [5.41, 5.74) is -1.05. The number of likely N-dealkylation sites (N-methyl/N-ethyl adjacent to an activating group) is 1. The maximum atomic E-state index is 17.2. The first-order chi connectivity index (χ1) is 17.5. The highest BCUT2D eigenvalue weighted by Crippen LogP contribution is 2.72. The standard InChI is InChI=1S/C30H37FN2O4/c1-27-8-10-29(31)14-21-25(35)26(36)22(33(2)3)15-28(21)9-11-30(29,37-28)23(27)7-6-20(27)17-4-5-18-16-32-24(34)13-19(18)12-17/h4-6,12-13,16,21-23,25-26,35-36H,7-11,14-15H2,1-3H3,(H,32,34)/t21?,22-,23?,25+,26+,27+,28+,29?,30-/m0/s1. The van der Waals surface area contributed by atoms with Crippen molar-refractivity contribution < 1.29 is 19.3 Å². The lowest BCUT2D eigenvalue weighted by atomic mass is 9.51. The van der Waals surface area contributed by atoms with Crippen LogP contribution in [0.5, 0.6) is 0 Å². The number of hydrogen-bond donors (Lipinski definition) is 3. The van der Waals surface area contributed by atoms with Crippen LogP contribution in [0.25, 0.3) is 16.3 Å². The molecule has 4 fully saturated rings. The van der Waals surface area contributed by atoms with E-state index in [9.17, 15) is 15.0 Å². The van der Waals surface area contributed by atoms with Crippen LogP contribution in [0.2, 0.25) is 0 Å². The Morgan fingerprint density at radius 1 is 1.05 bits per heavy atom. The van der Waals surface area contributed by atoms with Gasteiger partial charge in [-0.15, -0.1) is 0 Å². The summed E-state index contributed by atoms with van der Waals surface area (Å²) in [6.45, 7) is 2.27. The van der Waals surface area contributed by atoms with Gasteiger partial charge >= 0.3 is 0 Å². The smallest absolute Gasteiger partial charge is 0.248 e. The normalized spacial score (nSPS) is 46.5. The highest BCUT2D eigenvalue weighted by molar-refractivity contribution is 5.87. The number of halogens is 1. The lowest BCUT2D eigenvalue weighted by molar-refractivity contribution is -0.314. The number of nitrogens with zero attached hydrogens (tertiary/aromatic N) is 1. The summed E-state index contributed by atoms with van der Waals surface area (Å²) < 4.78 is 24.3. The molecule has 2 aromatic rings. The molecule has 9 atom stereocenters. The third-order valence-corrected chi connectivity index (χ3v) is 11.3. The average Bonchev–Trinajstić information content (AvgIpc) is 3.39. The Morgan fingerprint density at radius 2 is 1.86 bits per heavy atom. The van der Waals surface area contributed by atoms with E-state index in [0.29, 0.717) is 25.7 Å². The van der Waals surface area contributed by atoms with Crippen molar-refractivity contribution in [2.24, 2.45) is 17.3 Å². The predicted molar refractivity (Wildman–Crippen MR) is 140 cm³/mol. The Morgan fingerprint density at radius 3 is 2.65 bits per heavy atom. The Kier molecular flexibility index (Phi) is 4.89. The second kappa shape index (κ2) is 7.53. The first-order valence-corrected chi connectivity index (χ1v) is 13.8. The lowest BCUT2D eigenvalue weighted by Gasteiger charge is -2.64. The minimum absolute atomic E-state index is 0.00532. The Hall–Kier alpha value is -2.06. The lowest BCUT2D eigenvalue weighted by Crippen LogP contribution is -2.72. The highest BCUT2D eigenvalue weighted by Gasteiger charge is 2.77. The zero-order valence-electron chi connectivity index (χ0n) is 21.8. The Bertz CT molecular complexity index is 1370. The summed E-state index contributed by atoms with van der Waals surface area (Å²) in [5.74, 6) is -0.387. The molecule has 3 unspecified atom stereocenters. The number of ether oxygens (including phenoxy) is 1. The molecule has 1 aromatic carbocycles. The van der Waals surface area contributed by atoms with Crippen LogP contribution in [0.4, 0.5) is 4.39 Å². The van der Waals surface area contributed by atoms with Gasteiger partial charge in [-0.1, -0.05) is 25.1 Å². The van der Waals surface area contributed by atoms with Gasteiger partial charge in [0.2, 0.25) is 5.56 Å². The second-order valence-electron chi connectivity index (χ2n) is 13.0. The van der Waals surface area contributed by atoms with E-state index in [1.807, 2.05) is 25.1 Å². The largest absolute Gasteiger partial charge is 0.390 e. The fourth-order valence-corrected chi connectivity index (χ4v) is 9.34. The van der Waals surface area contributed by atoms with Crippen molar-refractivity contribution >= 4 is 16.3 Å². The van der Waals surface area contributed by atoms with E-state index in [-0.39, 0.29) is 29.4 Å². The third-order valence-electron chi connectivity index (χ3n) is 11.3. The van der Waals surface area contributed by atoms with E-state index in [0.717, 1.165) is 29.2 Å². The first kappa shape index (κ1) is 24.0. The van der Waals surface area contributed by atoms with Crippen LogP contribution in [0, 0.1) is 17.3 Å². The van der Waals surface area contributed by atoms with E-state index in [1.165, 1.54) is 5.57 Å². The van der Waals surface area contributed by atoms with Crippen LogP contribution in [0.15, 0.2) is 41.3 Å². The van der Waals surface area contributed by atoms with E-state index in [4.69, 9.17) is 4.74 Å². The van der Waals surface area contributed by atoms with E-state index < -0.39 is 35.0 Å². The molecule has 37 heavy (non-hydrogen) atoms. The van der Waals surface area contributed by atoms with Crippen LogP contribution in [0.1, 0.15) is 57.4 Å². The van der Waals surface area contributed by atoms with Crippen LogP contribution < -0.4 is 5.56 Å². The van der Waals surface area contributed by atoms with Crippen LogP contribution >= 0.6 is 0 Å². The number of aliphatic hydroxyl groups is 2. The van der Waals surface area contributed by atoms with Gasteiger partial charge in [-0.05, 0) is 92.4 Å². The molecule has 2 saturated carbocycles. The SMILES string of the molecule is CN(C)[C@H]1C[C@@]23CC[C@]4(O2)C2CC=C(c5ccc6c[nH]c(=O)cc6c5)[C@@]2(C)CCC4(F)CC3[C@@H](O)[C@@H]1O. The van der Waals surface area contributed by atoms with Crippen LogP contribution in [-0.2, 0) is 4.74 Å². The molecule has 0 radical (unpaired) electrons. The van der Waals surface area contributed by atoms with Crippen molar-refractivity contribution in [3.05, 3.63) is 52.5 Å². The molecule has 2 saturated heterocycles. The summed E-state index contributed by atoms with van der Waals surface area (Å²) in [5, 5.41) is 24.0. The van der Waals surface area contributed by atoms with Crippen molar-refractivity contribution in [1.82, 2.24) is 9.88 Å². The fourth-order valence-electron chi connectivity index (χ4n) is 9.34. The van der Waals surface area contributed by atoms with Gasteiger partial charge in [0.15, 0.2) is 0 Å². The number of hydrogen-bond acceptors (Lipinski definition) is 5. The van der Waals surface area contributed by atoms with E-state index in [1.54, 1.807) is 12.3 Å². The van der Waals surface area contributed by atoms with E-state index in [2.05, 4.69) is 30.1 Å². The summed E-state index contributed by atoms with van der Waals surface area (Å²) in [6, 6.07) is 7.66. The summed E-state index contributed by atoms with van der Waals surface area (Å²) in [7, 11) is 3.85. The van der Waals surface area contributed by atoms with Gasteiger partial charge in [0, 0.05) is 30.1 Å². The van der Waals surface area contributed by atoms with Crippen molar-refractivity contribution in [2.75, 3.05) is 14.1 Å². The number of pyridine rings is 1.